The molecule has 16 heavy (non-hydrogen) atoms. The molecule has 1 unspecified atom stereocenters. The van der Waals surface area contributed by atoms with Crippen LogP contribution < -0.4 is 5.32 Å². The second-order valence-electron chi connectivity index (χ2n) is 5.71. The average molecular weight is 224 g/mol. The summed E-state index contributed by atoms with van der Waals surface area (Å²) in [5, 5.41) is 3.68. The summed E-state index contributed by atoms with van der Waals surface area (Å²) in [6.45, 7) is 7.03. The Morgan fingerprint density at radius 1 is 1.12 bits per heavy atom. The summed E-state index contributed by atoms with van der Waals surface area (Å²) in [4.78, 5) is 2.69. The van der Waals surface area contributed by atoms with Crippen LogP contribution in [0.3, 0.4) is 0 Å². The number of piperazine rings is 1. The maximum absolute atomic E-state index is 5.43. The Bertz CT molecular complexity index is 224. The summed E-state index contributed by atoms with van der Waals surface area (Å²) < 4.78 is 5.43. The van der Waals surface area contributed by atoms with E-state index in [1.807, 2.05) is 0 Å². The van der Waals surface area contributed by atoms with Crippen LogP contribution in [0.1, 0.15) is 25.7 Å². The predicted octanol–water partition coefficient (Wildman–Crippen LogP) is 1.10. The Morgan fingerprint density at radius 3 is 2.69 bits per heavy atom. The minimum atomic E-state index is 0.800. The van der Waals surface area contributed by atoms with E-state index in [1.165, 1.54) is 51.9 Å². The summed E-state index contributed by atoms with van der Waals surface area (Å²) >= 11 is 0. The van der Waals surface area contributed by atoms with Crippen LogP contribution in [0.5, 0.6) is 0 Å². The molecular weight excluding hydrogens is 200 g/mol. The Morgan fingerprint density at radius 2 is 1.94 bits per heavy atom. The van der Waals surface area contributed by atoms with Gasteiger partial charge in [0.2, 0.25) is 0 Å². The smallest absolute Gasteiger partial charge is 0.0469 e. The molecule has 3 heteroatoms. The predicted molar refractivity (Wildman–Crippen MR) is 64.5 cm³/mol. The molecule has 2 aliphatic heterocycles. The maximum Gasteiger partial charge on any atom is 0.0469 e. The fraction of sp³-hybridized carbons (Fsp3) is 1.00. The lowest BCUT2D eigenvalue weighted by Crippen LogP contribution is -2.52. The molecule has 2 heterocycles. The van der Waals surface area contributed by atoms with Gasteiger partial charge in [-0.15, -0.1) is 0 Å². The van der Waals surface area contributed by atoms with Crippen molar-refractivity contribution < 1.29 is 4.74 Å². The molecule has 1 saturated carbocycles. The molecule has 3 fully saturated rings. The average Bonchev–Trinajstić information content (AvgIpc) is 3.15. The molecule has 1 N–H and O–H groups in total. The second kappa shape index (κ2) is 5.03. The molecule has 0 radical (unpaired) electrons. The zero-order valence-electron chi connectivity index (χ0n) is 10.2. The van der Waals surface area contributed by atoms with Gasteiger partial charge in [-0.2, -0.15) is 0 Å². The fourth-order valence-corrected chi connectivity index (χ4v) is 3.12. The fourth-order valence-electron chi connectivity index (χ4n) is 3.12. The molecule has 3 aliphatic rings. The van der Waals surface area contributed by atoms with Gasteiger partial charge in [0.05, 0.1) is 0 Å². The van der Waals surface area contributed by atoms with Crippen LogP contribution in [-0.2, 0) is 4.74 Å². The van der Waals surface area contributed by atoms with E-state index in [0.717, 1.165) is 31.1 Å². The highest BCUT2D eigenvalue weighted by Gasteiger charge is 2.34. The van der Waals surface area contributed by atoms with Crippen LogP contribution in [0.4, 0.5) is 0 Å². The highest BCUT2D eigenvalue weighted by molar-refractivity contribution is 4.91. The number of hydrogen-bond acceptors (Lipinski definition) is 3. The number of rotatable bonds is 3. The summed E-state index contributed by atoms with van der Waals surface area (Å²) in [6, 6.07) is 0.800. The van der Waals surface area contributed by atoms with E-state index < -0.39 is 0 Å². The summed E-state index contributed by atoms with van der Waals surface area (Å²) in [5.74, 6) is 1.89. The second-order valence-corrected chi connectivity index (χ2v) is 5.71. The minimum Gasteiger partial charge on any atom is -0.381 e. The SMILES string of the molecule is C1CN(CC2CCOCC2)CC(C2CC2)N1. The van der Waals surface area contributed by atoms with E-state index in [0.29, 0.717) is 0 Å². The highest BCUT2D eigenvalue weighted by Crippen LogP contribution is 2.33. The lowest BCUT2D eigenvalue weighted by molar-refractivity contribution is 0.0473. The third kappa shape index (κ3) is 2.76. The number of ether oxygens (including phenoxy) is 1. The lowest BCUT2D eigenvalue weighted by Gasteiger charge is -2.36. The quantitative estimate of drug-likeness (QED) is 0.777. The minimum absolute atomic E-state index is 0.800. The van der Waals surface area contributed by atoms with Crippen molar-refractivity contribution in [1.29, 1.82) is 0 Å². The van der Waals surface area contributed by atoms with Gasteiger partial charge in [-0.3, -0.25) is 0 Å². The van der Waals surface area contributed by atoms with Gasteiger partial charge in [0.15, 0.2) is 0 Å². The first-order chi connectivity index (χ1) is 7.92. The van der Waals surface area contributed by atoms with E-state index in [2.05, 4.69) is 10.2 Å². The molecule has 1 atom stereocenters. The highest BCUT2D eigenvalue weighted by atomic mass is 16.5. The van der Waals surface area contributed by atoms with Crippen LogP contribution in [0.2, 0.25) is 0 Å². The molecule has 2 saturated heterocycles. The van der Waals surface area contributed by atoms with Gasteiger partial charge in [0.1, 0.15) is 0 Å². The van der Waals surface area contributed by atoms with Gasteiger partial charge in [-0.25, -0.2) is 0 Å². The molecule has 0 amide bonds. The summed E-state index contributed by atoms with van der Waals surface area (Å²) in [7, 11) is 0. The largest absolute Gasteiger partial charge is 0.381 e. The molecule has 0 bridgehead atoms. The Balaban J connectivity index is 1.46. The van der Waals surface area contributed by atoms with Crippen LogP contribution in [0, 0.1) is 11.8 Å². The number of nitrogens with one attached hydrogen (secondary N) is 1. The van der Waals surface area contributed by atoms with Crippen LogP contribution in [0.15, 0.2) is 0 Å². The van der Waals surface area contributed by atoms with Crippen molar-refractivity contribution in [2.45, 2.75) is 31.7 Å². The number of nitrogens with zero attached hydrogens (tertiary/aromatic N) is 1. The molecule has 1 aliphatic carbocycles. The normalized spacial score (nSPS) is 34.1. The summed E-state index contributed by atoms with van der Waals surface area (Å²) in [6.07, 6.45) is 5.47. The molecule has 3 nitrogen and oxygen atoms in total. The Labute approximate surface area is 98.5 Å². The van der Waals surface area contributed by atoms with Gasteiger partial charge >= 0.3 is 0 Å². The first-order valence-corrected chi connectivity index (χ1v) is 6.95. The van der Waals surface area contributed by atoms with Gasteiger partial charge in [0, 0.05) is 45.4 Å². The monoisotopic (exact) mass is 224 g/mol. The van der Waals surface area contributed by atoms with Crippen LogP contribution in [-0.4, -0.2) is 50.3 Å². The van der Waals surface area contributed by atoms with Crippen molar-refractivity contribution in [3.05, 3.63) is 0 Å². The van der Waals surface area contributed by atoms with Gasteiger partial charge in [-0.1, -0.05) is 0 Å². The molecule has 0 aromatic rings. The first kappa shape index (κ1) is 11.0. The van der Waals surface area contributed by atoms with Crippen molar-refractivity contribution in [2.75, 3.05) is 39.4 Å². The molecular formula is C13H24N2O. The molecule has 0 aromatic carbocycles. The van der Waals surface area contributed by atoms with Crippen molar-refractivity contribution in [1.82, 2.24) is 10.2 Å². The van der Waals surface area contributed by atoms with Crippen LogP contribution in [0.25, 0.3) is 0 Å². The topological polar surface area (TPSA) is 24.5 Å². The van der Waals surface area contributed by atoms with Gasteiger partial charge in [0.25, 0.3) is 0 Å². The zero-order chi connectivity index (χ0) is 10.8. The molecule has 0 spiro atoms. The zero-order valence-corrected chi connectivity index (χ0v) is 10.2. The third-order valence-corrected chi connectivity index (χ3v) is 4.34. The lowest BCUT2D eigenvalue weighted by atomic mass is 9.98. The van der Waals surface area contributed by atoms with E-state index in [9.17, 15) is 0 Å². The van der Waals surface area contributed by atoms with Crippen molar-refractivity contribution in [3.63, 3.8) is 0 Å². The van der Waals surface area contributed by atoms with Gasteiger partial charge < -0.3 is 15.0 Å². The van der Waals surface area contributed by atoms with E-state index >= 15 is 0 Å². The van der Waals surface area contributed by atoms with E-state index in [1.54, 1.807) is 0 Å². The van der Waals surface area contributed by atoms with Crippen molar-refractivity contribution in [3.8, 4) is 0 Å². The maximum atomic E-state index is 5.43. The van der Waals surface area contributed by atoms with Crippen molar-refractivity contribution in [2.24, 2.45) is 11.8 Å². The standard InChI is InChI=1S/C13H24N2O/c1-2-12(1)13-10-15(6-5-14-13)9-11-3-7-16-8-4-11/h11-14H,1-10H2. The molecule has 3 rings (SSSR count). The Kier molecular flexibility index (Phi) is 3.46. The Hall–Kier alpha value is -0.120. The van der Waals surface area contributed by atoms with Crippen LogP contribution >= 0.6 is 0 Å². The third-order valence-electron chi connectivity index (χ3n) is 4.34. The van der Waals surface area contributed by atoms with E-state index in [-0.39, 0.29) is 0 Å². The number of hydrogen-bond donors (Lipinski definition) is 1. The summed E-state index contributed by atoms with van der Waals surface area (Å²) in [5.41, 5.74) is 0. The molecule has 92 valence electrons. The molecule has 0 aromatic heterocycles. The van der Waals surface area contributed by atoms with E-state index in [4.69, 9.17) is 4.74 Å². The van der Waals surface area contributed by atoms with Gasteiger partial charge in [-0.05, 0) is 37.5 Å². The first-order valence-electron chi connectivity index (χ1n) is 6.95. The van der Waals surface area contributed by atoms with Crippen molar-refractivity contribution >= 4 is 0 Å².